The standard InChI is InChI=1S/C18H34O6S/c1-2-3-4-11-14-17(24-25(21,22)23)15-12-9-7-5-6-8-10-13-16-18(19)20/h9,12,17H,2-8,10-11,13-16H2,1H3,(H,19,20)(H,21,22,23)/b12-9+/t17-/m1/s1. The van der Waals surface area contributed by atoms with Gasteiger partial charge in [0, 0.05) is 6.42 Å². The molecule has 0 aromatic heterocycles. The molecule has 7 heteroatoms. The molecule has 0 aromatic rings. The van der Waals surface area contributed by atoms with E-state index in [4.69, 9.17) is 13.8 Å². The van der Waals surface area contributed by atoms with Gasteiger partial charge in [-0.05, 0) is 32.1 Å². The molecule has 0 saturated carbocycles. The lowest BCUT2D eigenvalue weighted by Gasteiger charge is -2.13. The first-order chi connectivity index (χ1) is 11.8. The van der Waals surface area contributed by atoms with E-state index in [1.807, 2.05) is 12.2 Å². The van der Waals surface area contributed by atoms with Gasteiger partial charge in [0.05, 0.1) is 6.10 Å². The molecule has 0 aliphatic rings. The van der Waals surface area contributed by atoms with Crippen molar-refractivity contribution in [1.29, 1.82) is 0 Å². The summed E-state index contributed by atoms with van der Waals surface area (Å²) in [5, 5.41) is 8.54. The summed E-state index contributed by atoms with van der Waals surface area (Å²) >= 11 is 0. The Morgan fingerprint density at radius 3 is 2.28 bits per heavy atom. The zero-order valence-corrected chi connectivity index (χ0v) is 16.2. The van der Waals surface area contributed by atoms with Gasteiger partial charge >= 0.3 is 16.4 Å². The average molecular weight is 379 g/mol. The normalized spacial score (nSPS) is 13.4. The predicted molar refractivity (Wildman–Crippen MR) is 98.9 cm³/mol. The molecule has 148 valence electrons. The SMILES string of the molecule is CCCCCC[C@H](C/C=C/CCCCCCCC(=O)O)OS(=O)(=O)O. The number of aliphatic carboxylic acids is 1. The summed E-state index contributed by atoms with van der Waals surface area (Å²) in [5.74, 6) is -0.737. The number of unbranched alkanes of at least 4 members (excludes halogenated alkanes) is 8. The van der Waals surface area contributed by atoms with E-state index in [1.165, 1.54) is 0 Å². The van der Waals surface area contributed by atoms with Gasteiger partial charge in [0.1, 0.15) is 0 Å². The second kappa shape index (κ2) is 15.3. The summed E-state index contributed by atoms with van der Waals surface area (Å²) in [6, 6.07) is 0. The quantitative estimate of drug-likeness (QED) is 0.212. The maximum atomic E-state index is 10.9. The van der Waals surface area contributed by atoms with Crippen molar-refractivity contribution in [3.05, 3.63) is 12.2 Å². The molecular weight excluding hydrogens is 344 g/mol. The lowest BCUT2D eigenvalue weighted by Crippen LogP contribution is -2.17. The Balaban J connectivity index is 3.86. The van der Waals surface area contributed by atoms with Gasteiger partial charge in [0.25, 0.3) is 0 Å². The molecule has 0 fully saturated rings. The van der Waals surface area contributed by atoms with Gasteiger partial charge in [-0.25, -0.2) is 4.18 Å². The van der Waals surface area contributed by atoms with Crippen LogP contribution in [-0.2, 0) is 19.4 Å². The number of rotatable bonds is 17. The van der Waals surface area contributed by atoms with Gasteiger partial charge in [0.15, 0.2) is 0 Å². The molecule has 0 heterocycles. The lowest BCUT2D eigenvalue weighted by atomic mass is 10.1. The van der Waals surface area contributed by atoms with Crippen LogP contribution in [-0.4, -0.2) is 30.2 Å². The molecular formula is C18H34O6S. The van der Waals surface area contributed by atoms with Crippen molar-refractivity contribution in [1.82, 2.24) is 0 Å². The summed E-state index contributed by atoms with van der Waals surface area (Å²) in [6.07, 6.45) is 14.6. The van der Waals surface area contributed by atoms with Crippen LogP contribution in [0.3, 0.4) is 0 Å². The van der Waals surface area contributed by atoms with E-state index in [2.05, 4.69) is 6.92 Å². The largest absolute Gasteiger partial charge is 0.481 e. The van der Waals surface area contributed by atoms with Gasteiger partial charge in [-0.3, -0.25) is 9.35 Å². The molecule has 0 aromatic carbocycles. The molecule has 1 atom stereocenters. The Hall–Kier alpha value is -0.920. The van der Waals surface area contributed by atoms with Gasteiger partial charge in [-0.2, -0.15) is 8.42 Å². The first kappa shape index (κ1) is 24.1. The molecule has 25 heavy (non-hydrogen) atoms. The number of carboxylic acids is 1. The monoisotopic (exact) mass is 378 g/mol. The fourth-order valence-corrected chi connectivity index (χ4v) is 3.13. The molecule has 6 nitrogen and oxygen atoms in total. The summed E-state index contributed by atoms with van der Waals surface area (Å²) in [6.45, 7) is 2.11. The highest BCUT2D eigenvalue weighted by molar-refractivity contribution is 7.80. The molecule has 0 spiro atoms. The summed E-state index contributed by atoms with van der Waals surface area (Å²) < 4.78 is 35.4. The van der Waals surface area contributed by atoms with E-state index in [0.717, 1.165) is 64.2 Å². The minimum atomic E-state index is -4.41. The first-order valence-electron chi connectivity index (χ1n) is 9.37. The molecule has 2 N–H and O–H groups in total. The average Bonchev–Trinajstić information content (AvgIpc) is 2.51. The van der Waals surface area contributed by atoms with Crippen molar-refractivity contribution >= 4 is 16.4 Å². The maximum absolute atomic E-state index is 10.9. The third kappa shape index (κ3) is 19.3. The molecule has 0 aliphatic heterocycles. The fourth-order valence-electron chi connectivity index (χ4n) is 2.61. The molecule has 0 rings (SSSR count). The molecule has 0 unspecified atom stereocenters. The highest BCUT2D eigenvalue weighted by atomic mass is 32.3. The Labute approximate surface area is 152 Å². The minimum absolute atomic E-state index is 0.243. The van der Waals surface area contributed by atoms with Crippen molar-refractivity contribution in [2.24, 2.45) is 0 Å². The van der Waals surface area contributed by atoms with Crippen LogP contribution < -0.4 is 0 Å². The van der Waals surface area contributed by atoms with Crippen LogP contribution in [0, 0.1) is 0 Å². The number of hydrogen-bond acceptors (Lipinski definition) is 4. The van der Waals surface area contributed by atoms with E-state index in [-0.39, 0.29) is 6.42 Å². The number of hydrogen-bond donors (Lipinski definition) is 2. The number of carboxylic acid groups (broad SMARTS) is 1. The van der Waals surface area contributed by atoms with Crippen molar-refractivity contribution in [2.75, 3.05) is 0 Å². The van der Waals surface area contributed by atoms with Crippen LogP contribution >= 0.6 is 0 Å². The minimum Gasteiger partial charge on any atom is -0.481 e. The van der Waals surface area contributed by atoms with E-state index >= 15 is 0 Å². The molecule has 0 bridgehead atoms. The topological polar surface area (TPSA) is 101 Å². The summed E-state index contributed by atoms with van der Waals surface area (Å²) in [5.41, 5.74) is 0. The first-order valence-corrected chi connectivity index (χ1v) is 10.7. The van der Waals surface area contributed by atoms with Crippen LogP contribution in [0.15, 0.2) is 12.2 Å². The zero-order valence-electron chi connectivity index (χ0n) is 15.4. The second-order valence-corrected chi connectivity index (χ2v) is 7.45. The summed E-state index contributed by atoms with van der Waals surface area (Å²) in [7, 11) is -4.41. The van der Waals surface area contributed by atoms with Gasteiger partial charge in [0.2, 0.25) is 0 Å². The van der Waals surface area contributed by atoms with Gasteiger partial charge in [-0.15, -0.1) is 0 Å². The molecule has 0 amide bonds. The fraction of sp³-hybridized carbons (Fsp3) is 0.833. The van der Waals surface area contributed by atoms with Crippen LogP contribution in [0.4, 0.5) is 0 Å². The highest BCUT2D eigenvalue weighted by Gasteiger charge is 2.15. The van der Waals surface area contributed by atoms with Crippen molar-refractivity contribution in [2.45, 2.75) is 96.5 Å². The van der Waals surface area contributed by atoms with Crippen molar-refractivity contribution < 1.29 is 27.1 Å². The smallest absolute Gasteiger partial charge is 0.397 e. The Bertz CT molecular complexity index is 458. The van der Waals surface area contributed by atoms with Crippen molar-refractivity contribution in [3.8, 4) is 0 Å². The zero-order chi connectivity index (χ0) is 19.0. The predicted octanol–water partition coefficient (Wildman–Crippen LogP) is 4.91. The maximum Gasteiger partial charge on any atom is 0.397 e. The van der Waals surface area contributed by atoms with Crippen LogP contribution in [0.5, 0.6) is 0 Å². The molecule has 0 aliphatic carbocycles. The summed E-state index contributed by atoms with van der Waals surface area (Å²) in [4.78, 5) is 10.4. The Kier molecular flexibility index (Phi) is 14.8. The van der Waals surface area contributed by atoms with E-state index in [0.29, 0.717) is 12.8 Å². The van der Waals surface area contributed by atoms with Crippen LogP contribution in [0.1, 0.15) is 90.4 Å². The highest BCUT2D eigenvalue weighted by Crippen LogP contribution is 2.14. The number of allylic oxidation sites excluding steroid dienone is 1. The van der Waals surface area contributed by atoms with Crippen LogP contribution in [0.2, 0.25) is 0 Å². The molecule has 0 saturated heterocycles. The van der Waals surface area contributed by atoms with E-state index in [1.54, 1.807) is 0 Å². The second-order valence-electron chi connectivity index (χ2n) is 6.40. The van der Waals surface area contributed by atoms with Crippen LogP contribution in [0.25, 0.3) is 0 Å². The van der Waals surface area contributed by atoms with Crippen molar-refractivity contribution in [3.63, 3.8) is 0 Å². The number of carbonyl (C=O) groups is 1. The third-order valence-electron chi connectivity index (χ3n) is 3.96. The Morgan fingerprint density at radius 2 is 1.64 bits per heavy atom. The lowest BCUT2D eigenvalue weighted by molar-refractivity contribution is -0.137. The molecule has 0 radical (unpaired) electrons. The van der Waals surface area contributed by atoms with E-state index < -0.39 is 22.5 Å². The van der Waals surface area contributed by atoms with E-state index in [9.17, 15) is 13.2 Å². The third-order valence-corrected chi connectivity index (χ3v) is 4.48. The van der Waals surface area contributed by atoms with Gasteiger partial charge < -0.3 is 5.11 Å². The van der Waals surface area contributed by atoms with Gasteiger partial charge in [-0.1, -0.05) is 64.0 Å². The Morgan fingerprint density at radius 1 is 1.00 bits per heavy atom.